The van der Waals surface area contributed by atoms with Crippen molar-refractivity contribution in [3.8, 4) is 0 Å². The monoisotopic (exact) mass is 224 g/mol. The van der Waals surface area contributed by atoms with Crippen LogP contribution < -0.4 is 0 Å². The van der Waals surface area contributed by atoms with Crippen molar-refractivity contribution >= 4 is 12.6 Å². The number of piperazine rings is 1. The van der Waals surface area contributed by atoms with E-state index in [2.05, 4.69) is 47.6 Å². The van der Waals surface area contributed by atoms with Gasteiger partial charge >= 0.3 is 0 Å². The summed E-state index contributed by atoms with van der Waals surface area (Å²) in [5.41, 5.74) is 0. The van der Waals surface area contributed by atoms with Crippen LogP contribution in [0, 0.1) is 5.92 Å². The molecule has 0 N–H and O–H groups in total. The van der Waals surface area contributed by atoms with E-state index in [1.54, 1.807) is 0 Å². The third-order valence-corrected chi connectivity index (χ3v) is 3.05. The molecule has 0 aromatic rings. The summed E-state index contributed by atoms with van der Waals surface area (Å²) in [6.07, 6.45) is 2.30. The summed E-state index contributed by atoms with van der Waals surface area (Å²) in [6, 6.07) is 0. The maximum Gasteiger partial charge on any atom is 0.150 e. The molecule has 1 heterocycles. The number of rotatable bonds is 4. The molecular formula is C12H24N4. The maximum absolute atomic E-state index is 4.60. The molecule has 1 fully saturated rings. The molecule has 0 spiro atoms. The summed E-state index contributed by atoms with van der Waals surface area (Å²) in [5.74, 6) is 1.31. The maximum atomic E-state index is 4.60. The van der Waals surface area contributed by atoms with Crippen molar-refractivity contribution in [2.24, 2.45) is 16.0 Å². The highest BCUT2D eigenvalue weighted by Crippen LogP contribution is 2.10. The molecule has 1 atom stereocenters. The Morgan fingerprint density at radius 2 is 1.94 bits per heavy atom. The van der Waals surface area contributed by atoms with Crippen LogP contribution in [0.5, 0.6) is 0 Å². The van der Waals surface area contributed by atoms with Gasteiger partial charge in [0.2, 0.25) is 0 Å². The number of amidine groups is 1. The number of aliphatic imine (C=N–C) groups is 1. The molecule has 1 saturated heterocycles. The number of hydrogen-bond donors (Lipinski definition) is 0. The minimum Gasteiger partial charge on any atom is -0.303 e. The van der Waals surface area contributed by atoms with Gasteiger partial charge in [-0.25, -0.2) is 4.99 Å². The summed E-state index contributed by atoms with van der Waals surface area (Å²) in [4.78, 5) is 6.39. The Kier molecular flexibility index (Phi) is 5.46. The number of hydrogen-bond acceptors (Lipinski definition) is 3. The Labute approximate surface area is 99.0 Å². The van der Waals surface area contributed by atoms with Gasteiger partial charge in [-0.05, 0) is 20.2 Å². The lowest BCUT2D eigenvalue weighted by atomic mass is 10.1. The summed E-state index contributed by atoms with van der Waals surface area (Å²) >= 11 is 0. The van der Waals surface area contributed by atoms with Gasteiger partial charge in [-0.3, -0.25) is 5.01 Å². The van der Waals surface area contributed by atoms with E-state index < -0.39 is 0 Å². The summed E-state index contributed by atoms with van der Waals surface area (Å²) in [7, 11) is 2.15. The van der Waals surface area contributed by atoms with Gasteiger partial charge in [-0.1, -0.05) is 20.3 Å². The van der Waals surface area contributed by atoms with Crippen LogP contribution in [0.2, 0.25) is 0 Å². The van der Waals surface area contributed by atoms with Crippen molar-refractivity contribution in [3.63, 3.8) is 0 Å². The molecule has 0 amide bonds. The van der Waals surface area contributed by atoms with Gasteiger partial charge in [0.15, 0.2) is 0 Å². The van der Waals surface area contributed by atoms with E-state index in [0.29, 0.717) is 5.92 Å². The number of nitrogens with zero attached hydrogens (tertiary/aromatic N) is 4. The first-order chi connectivity index (χ1) is 7.67. The van der Waals surface area contributed by atoms with Crippen LogP contribution >= 0.6 is 0 Å². The zero-order valence-corrected chi connectivity index (χ0v) is 10.8. The largest absolute Gasteiger partial charge is 0.303 e. The molecule has 0 aromatic heterocycles. The topological polar surface area (TPSA) is 31.2 Å². The highest BCUT2D eigenvalue weighted by atomic mass is 15.5. The standard InChI is InChI=1S/C12H24N4/c1-5-6-11(2)12(13-3)14-16-9-7-15(4)8-10-16/h11H,3,5-10H2,1-2,4H3/b14-12-. The normalized spacial score (nSPS) is 20.9. The second-order valence-electron chi connectivity index (χ2n) is 4.56. The van der Waals surface area contributed by atoms with Crippen LogP contribution in [0.25, 0.3) is 0 Å². The molecule has 0 aromatic carbocycles. The van der Waals surface area contributed by atoms with E-state index in [-0.39, 0.29) is 0 Å². The van der Waals surface area contributed by atoms with E-state index >= 15 is 0 Å². The molecule has 0 saturated carbocycles. The average molecular weight is 224 g/mol. The second kappa shape index (κ2) is 6.63. The minimum absolute atomic E-state index is 0.419. The first kappa shape index (κ1) is 13.2. The molecule has 16 heavy (non-hydrogen) atoms. The van der Waals surface area contributed by atoms with Gasteiger partial charge < -0.3 is 4.90 Å². The second-order valence-corrected chi connectivity index (χ2v) is 4.56. The van der Waals surface area contributed by atoms with Crippen LogP contribution in [-0.2, 0) is 0 Å². The molecule has 0 bridgehead atoms. The van der Waals surface area contributed by atoms with Crippen LogP contribution in [0.1, 0.15) is 26.7 Å². The van der Waals surface area contributed by atoms with Gasteiger partial charge in [0.1, 0.15) is 5.84 Å². The fourth-order valence-electron chi connectivity index (χ4n) is 1.89. The van der Waals surface area contributed by atoms with Crippen molar-refractivity contribution in [1.82, 2.24) is 9.91 Å². The lowest BCUT2D eigenvalue weighted by Crippen LogP contribution is -2.42. The predicted molar refractivity (Wildman–Crippen MR) is 70.1 cm³/mol. The summed E-state index contributed by atoms with van der Waals surface area (Å²) in [6.45, 7) is 12.1. The zero-order valence-electron chi connectivity index (χ0n) is 10.8. The lowest BCUT2D eigenvalue weighted by molar-refractivity contribution is 0.158. The van der Waals surface area contributed by atoms with E-state index in [0.717, 1.165) is 38.4 Å². The third-order valence-electron chi connectivity index (χ3n) is 3.05. The van der Waals surface area contributed by atoms with Gasteiger partial charge in [0.25, 0.3) is 0 Å². The molecule has 1 aliphatic heterocycles. The molecule has 4 heteroatoms. The van der Waals surface area contributed by atoms with Crippen molar-refractivity contribution in [3.05, 3.63) is 0 Å². The van der Waals surface area contributed by atoms with Gasteiger partial charge in [-0.2, -0.15) is 5.10 Å². The summed E-state index contributed by atoms with van der Waals surface area (Å²) in [5, 5.41) is 6.72. The molecular weight excluding hydrogens is 200 g/mol. The van der Waals surface area contributed by atoms with E-state index in [9.17, 15) is 0 Å². The SMILES string of the molecule is C=N/C(=N\N1CCN(C)CC1)C(C)CCC. The molecule has 1 rings (SSSR count). The van der Waals surface area contributed by atoms with Crippen molar-refractivity contribution in [2.75, 3.05) is 33.2 Å². The van der Waals surface area contributed by atoms with Crippen LogP contribution in [0.3, 0.4) is 0 Å². The van der Waals surface area contributed by atoms with Crippen molar-refractivity contribution < 1.29 is 0 Å². The Hall–Kier alpha value is -0.900. The molecule has 0 aliphatic carbocycles. The highest BCUT2D eigenvalue weighted by molar-refractivity contribution is 5.87. The predicted octanol–water partition coefficient (Wildman–Crippen LogP) is 1.68. The van der Waals surface area contributed by atoms with Crippen LogP contribution in [0.4, 0.5) is 0 Å². The Bertz CT molecular complexity index is 241. The third kappa shape index (κ3) is 3.93. The molecule has 1 unspecified atom stereocenters. The smallest absolute Gasteiger partial charge is 0.150 e. The number of hydrazone groups is 1. The van der Waals surface area contributed by atoms with Gasteiger partial charge in [0, 0.05) is 32.1 Å². The van der Waals surface area contributed by atoms with Crippen LogP contribution in [-0.4, -0.2) is 55.7 Å². The van der Waals surface area contributed by atoms with E-state index in [4.69, 9.17) is 0 Å². The Morgan fingerprint density at radius 1 is 1.31 bits per heavy atom. The molecule has 92 valence electrons. The van der Waals surface area contributed by atoms with E-state index in [1.165, 1.54) is 6.42 Å². The van der Waals surface area contributed by atoms with Gasteiger partial charge in [-0.15, -0.1) is 0 Å². The fraction of sp³-hybridized carbons (Fsp3) is 0.833. The quantitative estimate of drug-likeness (QED) is 0.537. The lowest BCUT2D eigenvalue weighted by Gasteiger charge is -2.31. The minimum atomic E-state index is 0.419. The van der Waals surface area contributed by atoms with E-state index in [1.807, 2.05) is 0 Å². The zero-order chi connectivity index (χ0) is 12.0. The number of likely N-dealkylation sites (N-methyl/N-ethyl adjacent to an activating group) is 1. The first-order valence-corrected chi connectivity index (χ1v) is 6.16. The van der Waals surface area contributed by atoms with Crippen molar-refractivity contribution in [2.45, 2.75) is 26.7 Å². The average Bonchev–Trinajstić information content (AvgIpc) is 2.28. The first-order valence-electron chi connectivity index (χ1n) is 6.16. The van der Waals surface area contributed by atoms with Gasteiger partial charge in [0.05, 0.1) is 0 Å². The molecule has 0 radical (unpaired) electrons. The Balaban J connectivity index is 2.54. The Morgan fingerprint density at radius 3 is 2.44 bits per heavy atom. The molecule has 4 nitrogen and oxygen atoms in total. The van der Waals surface area contributed by atoms with Crippen molar-refractivity contribution in [1.29, 1.82) is 0 Å². The fourth-order valence-corrected chi connectivity index (χ4v) is 1.89. The summed E-state index contributed by atoms with van der Waals surface area (Å²) < 4.78 is 0. The molecule has 1 aliphatic rings. The van der Waals surface area contributed by atoms with Crippen LogP contribution in [0.15, 0.2) is 10.1 Å². The highest BCUT2D eigenvalue weighted by Gasteiger charge is 2.14.